The van der Waals surface area contributed by atoms with E-state index in [0.29, 0.717) is 24.4 Å². The Labute approximate surface area is 148 Å². The van der Waals surface area contributed by atoms with Crippen molar-refractivity contribution in [3.63, 3.8) is 0 Å². The summed E-state index contributed by atoms with van der Waals surface area (Å²) in [7, 11) is 1.49. The predicted octanol–water partition coefficient (Wildman–Crippen LogP) is 3.50. The molecule has 0 unspecified atom stereocenters. The maximum atomic E-state index is 14.5. The fraction of sp³-hybridized carbons (Fsp3) is 0.650. The molecule has 1 aromatic rings. The Balaban J connectivity index is 1.43. The fourth-order valence-electron chi connectivity index (χ4n) is 4.91. The molecule has 3 heterocycles. The van der Waals surface area contributed by atoms with Crippen molar-refractivity contribution in [3.05, 3.63) is 29.6 Å². The van der Waals surface area contributed by atoms with Crippen LogP contribution in [0.4, 0.5) is 4.39 Å². The van der Waals surface area contributed by atoms with Crippen molar-refractivity contribution < 1.29 is 18.7 Å². The lowest BCUT2D eigenvalue weighted by atomic mass is 9.74. The van der Waals surface area contributed by atoms with Gasteiger partial charge in [-0.05, 0) is 56.6 Å². The molecular weight excluding hydrogens is 321 g/mol. The number of carbonyl (C=O) groups excluding carboxylic acids is 1. The second-order valence-corrected chi connectivity index (χ2v) is 7.88. The van der Waals surface area contributed by atoms with E-state index in [2.05, 4.69) is 6.92 Å². The van der Waals surface area contributed by atoms with E-state index in [1.165, 1.54) is 7.11 Å². The van der Waals surface area contributed by atoms with Gasteiger partial charge in [0.25, 0.3) is 0 Å². The number of methoxy groups -OCH3 is 1. The van der Waals surface area contributed by atoms with Gasteiger partial charge in [0, 0.05) is 13.1 Å². The molecule has 0 aromatic heterocycles. The fourth-order valence-corrected chi connectivity index (χ4v) is 4.91. The number of hydrogen-bond acceptors (Lipinski definition) is 3. The molecule has 4 nitrogen and oxygen atoms in total. The second kappa shape index (κ2) is 6.27. The van der Waals surface area contributed by atoms with Crippen LogP contribution < -0.4 is 4.74 Å². The Morgan fingerprint density at radius 1 is 1.28 bits per heavy atom. The summed E-state index contributed by atoms with van der Waals surface area (Å²) >= 11 is 0. The summed E-state index contributed by atoms with van der Waals surface area (Å²) in [5.41, 5.74) is 0.345. The Bertz CT molecular complexity index is 671. The van der Waals surface area contributed by atoms with Crippen molar-refractivity contribution in [1.82, 2.24) is 4.90 Å². The van der Waals surface area contributed by atoms with Gasteiger partial charge in [0.1, 0.15) is 0 Å². The lowest BCUT2D eigenvalue weighted by Crippen LogP contribution is -2.49. The standard InChI is InChI=1S/C20H26FNO3/c1-20(12-14-6-7-17(20)25-14)19(23)22-10-8-13(9-11-22)15-4-3-5-16(24-2)18(15)21/h3-5,13-14,17H,6-12H2,1-2H3/t14-,17-,20+/m1/s1. The molecule has 0 radical (unpaired) electrons. The summed E-state index contributed by atoms with van der Waals surface area (Å²) in [5, 5.41) is 0. The van der Waals surface area contributed by atoms with Crippen LogP contribution in [0.25, 0.3) is 0 Å². The third-order valence-corrected chi connectivity index (χ3v) is 6.39. The number of benzene rings is 1. The third-order valence-electron chi connectivity index (χ3n) is 6.39. The molecule has 4 rings (SSSR count). The number of likely N-dealkylation sites (tertiary alicyclic amines) is 1. The number of piperidine rings is 1. The highest BCUT2D eigenvalue weighted by atomic mass is 19.1. The highest BCUT2D eigenvalue weighted by Gasteiger charge is 2.55. The van der Waals surface area contributed by atoms with Gasteiger partial charge in [-0.3, -0.25) is 4.79 Å². The minimum absolute atomic E-state index is 0.0820. The SMILES string of the molecule is COc1cccc(C2CCN(C(=O)[C@@]3(C)C[C@H]4CC[C@H]3O4)CC2)c1F. The van der Waals surface area contributed by atoms with Gasteiger partial charge in [0.15, 0.2) is 11.6 Å². The molecule has 0 N–H and O–H groups in total. The number of fused-ring (bicyclic) bond motifs is 2. The number of nitrogens with zero attached hydrogens (tertiary/aromatic N) is 1. The van der Waals surface area contributed by atoms with Crippen LogP contribution in [0.15, 0.2) is 18.2 Å². The molecule has 1 aromatic carbocycles. The summed E-state index contributed by atoms with van der Waals surface area (Å²) in [6, 6.07) is 5.32. The molecule has 25 heavy (non-hydrogen) atoms. The van der Waals surface area contributed by atoms with Gasteiger partial charge in [-0.25, -0.2) is 4.39 Å². The van der Waals surface area contributed by atoms with Gasteiger partial charge in [-0.2, -0.15) is 0 Å². The van der Waals surface area contributed by atoms with Gasteiger partial charge in [-0.15, -0.1) is 0 Å². The van der Waals surface area contributed by atoms with Crippen LogP contribution in [0.2, 0.25) is 0 Å². The third kappa shape index (κ3) is 2.73. The molecule has 3 atom stereocenters. The zero-order valence-corrected chi connectivity index (χ0v) is 15.0. The van der Waals surface area contributed by atoms with Crippen LogP contribution in [0.3, 0.4) is 0 Å². The smallest absolute Gasteiger partial charge is 0.231 e. The van der Waals surface area contributed by atoms with Gasteiger partial charge < -0.3 is 14.4 Å². The molecule has 5 heteroatoms. The first-order valence-corrected chi connectivity index (χ1v) is 9.30. The Hall–Kier alpha value is -1.62. The largest absolute Gasteiger partial charge is 0.494 e. The van der Waals surface area contributed by atoms with Crippen LogP contribution in [0.5, 0.6) is 5.75 Å². The topological polar surface area (TPSA) is 38.8 Å². The zero-order chi connectivity index (χ0) is 17.6. The monoisotopic (exact) mass is 347 g/mol. The normalized spacial score (nSPS) is 32.2. The Kier molecular flexibility index (Phi) is 4.22. The second-order valence-electron chi connectivity index (χ2n) is 7.88. The quantitative estimate of drug-likeness (QED) is 0.840. The van der Waals surface area contributed by atoms with Crippen LogP contribution in [-0.4, -0.2) is 43.2 Å². The average Bonchev–Trinajstić information content (AvgIpc) is 3.22. The highest BCUT2D eigenvalue weighted by molar-refractivity contribution is 5.83. The first kappa shape index (κ1) is 16.8. The highest BCUT2D eigenvalue weighted by Crippen LogP contribution is 2.49. The van der Waals surface area contributed by atoms with E-state index in [9.17, 15) is 9.18 Å². The summed E-state index contributed by atoms with van der Waals surface area (Å²) in [5.74, 6) is 0.401. The van der Waals surface area contributed by atoms with Gasteiger partial charge in [0.05, 0.1) is 24.7 Å². The van der Waals surface area contributed by atoms with Crippen molar-refractivity contribution in [1.29, 1.82) is 0 Å². The average molecular weight is 347 g/mol. The van der Waals surface area contributed by atoms with Crippen LogP contribution in [0.1, 0.15) is 50.5 Å². The number of rotatable bonds is 3. The van der Waals surface area contributed by atoms with Crippen LogP contribution in [-0.2, 0) is 9.53 Å². The van der Waals surface area contributed by atoms with Crippen molar-refractivity contribution in [2.75, 3.05) is 20.2 Å². The van der Waals surface area contributed by atoms with E-state index < -0.39 is 0 Å². The first-order chi connectivity index (χ1) is 12.0. The number of amides is 1. The maximum absolute atomic E-state index is 14.5. The van der Waals surface area contributed by atoms with E-state index in [0.717, 1.165) is 32.1 Å². The molecule has 3 saturated heterocycles. The lowest BCUT2D eigenvalue weighted by Gasteiger charge is -2.39. The van der Waals surface area contributed by atoms with Gasteiger partial charge in [0.2, 0.25) is 5.91 Å². The number of carbonyl (C=O) groups is 1. The molecule has 2 bridgehead atoms. The first-order valence-electron chi connectivity index (χ1n) is 9.30. The van der Waals surface area contributed by atoms with Crippen molar-refractivity contribution >= 4 is 5.91 Å². The van der Waals surface area contributed by atoms with Crippen molar-refractivity contribution in [3.8, 4) is 5.75 Å². The zero-order valence-electron chi connectivity index (χ0n) is 15.0. The molecule has 0 spiro atoms. The van der Waals surface area contributed by atoms with Crippen LogP contribution >= 0.6 is 0 Å². The number of halogens is 1. The molecule has 1 amide bonds. The molecule has 136 valence electrons. The van der Waals surface area contributed by atoms with Gasteiger partial charge in [-0.1, -0.05) is 12.1 Å². The Morgan fingerprint density at radius 2 is 2.04 bits per heavy atom. The lowest BCUT2D eigenvalue weighted by molar-refractivity contribution is -0.145. The predicted molar refractivity (Wildman–Crippen MR) is 92.1 cm³/mol. The number of ether oxygens (including phenoxy) is 2. The molecule has 3 fully saturated rings. The Morgan fingerprint density at radius 3 is 2.64 bits per heavy atom. The molecule has 0 saturated carbocycles. The van der Waals surface area contributed by atoms with E-state index in [4.69, 9.17) is 9.47 Å². The van der Waals surface area contributed by atoms with E-state index in [1.54, 1.807) is 6.07 Å². The van der Waals surface area contributed by atoms with Gasteiger partial charge >= 0.3 is 0 Å². The minimum Gasteiger partial charge on any atom is -0.494 e. The number of hydrogen-bond donors (Lipinski definition) is 0. The van der Waals surface area contributed by atoms with E-state index >= 15 is 0 Å². The van der Waals surface area contributed by atoms with E-state index in [1.807, 2.05) is 17.0 Å². The minimum atomic E-state index is -0.364. The molecule has 3 aliphatic rings. The summed E-state index contributed by atoms with van der Waals surface area (Å²) < 4.78 is 25.5. The molecule has 0 aliphatic carbocycles. The van der Waals surface area contributed by atoms with Crippen molar-refractivity contribution in [2.45, 2.75) is 57.2 Å². The molecule has 3 aliphatic heterocycles. The van der Waals surface area contributed by atoms with E-state index in [-0.39, 0.29) is 35.3 Å². The summed E-state index contributed by atoms with van der Waals surface area (Å²) in [6.45, 7) is 3.44. The van der Waals surface area contributed by atoms with Crippen LogP contribution in [0, 0.1) is 11.2 Å². The van der Waals surface area contributed by atoms with Crippen molar-refractivity contribution in [2.24, 2.45) is 5.41 Å². The summed E-state index contributed by atoms with van der Waals surface area (Å²) in [4.78, 5) is 15.0. The maximum Gasteiger partial charge on any atom is 0.231 e. The summed E-state index contributed by atoms with van der Waals surface area (Å²) in [6.07, 6.45) is 4.87. The molecular formula is C20H26FNO3.